The van der Waals surface area contributed by atoms with Gasteiger partial charge in [0.1, 0.15) is 24.4 Å². The van der Waals surface area contributed by atoms with Crippen LogP contribution in [0.3, 0.4) is 0 Å². The maximum absolute atomic E-state index is 14.5. The van der Waals surface area contributed by atoms with Crippen molar-refractivity contribution < 1.29 is 57.6 Å². The number of aliphatic hydroxyl groups is 1. The molecule has 9 atom stereocenters. The maximum atomic E-state index is 14.5. The number of rotatable bonds is 6. The number of hydrogen-bond donors (Lipinski definition) is 1. The van der Waals surface area contributed by atoms with Crippen LogP contribution in [-0.2, 0) is 47.7 Å². The van der Waals surface area contributed by atoms with Crippen LogP contribution in [0.5, 0.6) is 0 Å². The lowest BCUT2D eigenvalue weighted by Crippen LogP contribution is -2.58. The van der Waals surface area contributed by atoms with E-state index in [0.29, 0.717) is 0 Å². The quantitative estimate of drug-likeness (QED) is 0.268. The van der Waals surface area contributed by atoms with Gasteiger partial charge in [0.15, 0.2) is 17.5 Å². The SMILES string of the molecule is C=C1[C@H](OC(=O)c2ccccc2)[C@@H](O)[C@@H](OC(C)=O)C(C)(C)/C=C/[C@H](C)C(=O)[C@@]2(OC(C)=O)C[C@H](C)[C@H](OC(C)=O)[C@@H]2[C@H]1OC(C)=O. The minimum absolute atomic E-state index is 0.108. The molecule has 0 aromatic heterocycles. The number of hydrogen-bond acceptors (Lipinski definition) is 12. The monoisotopic (exact) mass is 656 g/mol. The van der Waals surface area contributed by atoms with Gasteiger partial charge in [-0.1, -0.05) is 64.6 Å². The molecule has 0 aliphatic heterocycles. The van der Waals surface area contributed by atoms with Crippen LogP contribution in [0.15, 0.2) is 54.6 Å². The van der Waals surface area contributed by atoms with Gasteiger partial charge in [0, 0.05) is 51.0 Å². The molecular weight excluding hydrogens is 612 g/mol. The summed E-state index contributed by atoms with van der Waals surface area (Å²) in [5.41, 5.74) is -3.33. The predicted octanol–water partition coefficient (Wildman–Crippen LogP) is 3.68. The third-order valence-electron chi connectivity index (χ3n) is 8.59. The molecule has 0 radical (unpaired) electrons. The Bertz CT molecular complexity index is 1430. The minimum Gasteiger partial charge on any atom is -0.462 e. The Morgan fingerprint density at radius 3 is 1.94 bits per heavy atom. The molecule has 0 saturated heterocycles. The number of benzene rings is 1. The molecule has 1 N–H and O–H groups in total. The summed E-state index contributed by atoms with van der Waals surface area (Å²) in [5.74, 6) is -7.58. The number of allylic oxidation sites excluding steroid dienone is 1. The lowest BCUT2D eigenvalue weighted by molar-refractivity contribution is -0.186. The van der Waals surface area contributed by atoms with Gasteiger partial charge >= 0.3 is 29.8 Å². The zero-order valence-electron chi connectivity index (χ0n) is 28.0. The fourth-order valence-electron chi connectivity index (χ4n) is 6.63. The van der Waals surface area contributed by atoms with Crippen LogP contribution in [0.1, 0.15) is 72.2 Å². The fraction of sp³-hybridized carbons (Fsp3) is 0.543. The normalized spacial score (nSPS) is 32.8. The molecule has 12 heteroatoms. The Labute approximate surface area is 274 Å². The third kappa shape index (κ3) is 8.16. The molecule has 1 saturated carbocycles. The zero-order valence-corrected chi connectivity index (χ0v) is 28.0. The van der Waals surface area contributed by atoms with E-state index in [4.69, 9.17) is 23.7 Å². The first kappa shape index (κ1) is 37.1. The molecule has 12 nitrogen and oxygen atoms in total. The van der Waals surface area contributed by atoms with E-state index in [1.807, 2.05) is 0 Å². The molecule has 47 heavy (non-hydrogen) atoms. The fourth-order valence-corrected chi connectivity index (χ4v) is 6.63. The van der Waals surface area contributed by atoms with Crippen LogP contribution in [0.25, 0.3) is 0 Å². The number of aliphatic hydroxyl groups excluding tert-OH is 1. The molecule has 3 rings (SSSR count). The molecule has 0 bridgehead atoms. The summed E-state index contributed by atoms with van der Waals surface area (Å²) in [6.07, 6.45) is -4.74. The van der Waals surface area contributed by atoms with E-state index in [0.717, 1.165) is 27.7 Å². The van der Waals surface area contributed by atoms with Crippen molar-refractivity contribution >= 4 is 35.6 Å². The molecule has 1 aromatic carbocycles. The van der Waals surface area contributed by atoms with E-state index in [2.05, 4.69) is 6.58 Å². The van der Waals surface area contributed by atoms with Crippen LogP contribution in [0.2, 0.25) is 0 Å². The molecule has 0 unspecified atom stereocenters. The molecule has 0 spiro atoms. The first-order chi connectivity index (χ1) is 21.8. The highest BCUT2D eigenvalue weighted by atomic mass is 16.6. The standard InChI is InChI=1S/C35H44O12/c1-18-15-16-34(8,9)32(45-23(6)38)27(40)30(46-33(42)25-13-11-10-12-14-25)20(3)29(44-22(5)37)26-28(43-21(4)36)19(2)17-35(26,31(18)41)47-24(7)39/h10-16,18-19,26-30,32,40H,3,17H2,1-2,4-9H3/b16-15+/t18-,19-,26+,27+,28-,29-,30-,32+,35+/m0/s1. The Morgan fingerprint density at radius 2 is 1.40 bits per heavy atom. The van der Waals surface area contributed by atoms with Gasteiger partial charge < -0.3 is 28.8 Å². The van der Waals surface area contributed by atoms with Crippen LogP contribution in [-0.4, -0.2) is 76.9 Å². The lowest BCUT2D eigenvalue weighted by Gasteiger charge is -2.44. The molecule has 2 aliphatic carbocycles. The number of carbonyl (C=O) groups excluding carboxylic acids is 6. The lowest BCUT2D eigenvalue weighted by atomic mass is 9.72. The summed E-state index contributed by atoms with van der Waals surface area (Å²) in [6.45, 7) is 15.2. The minimum atomic E-state index is -2.02. The first-order valence-corrected chi connectivity index (χ1v) is 15.4. The predicted molar refractivity (Wildman–Crippen MR) is 166 cm³/mol. The molecule has 1 fully saturated rings. The maximum Gasteiger partial charge on any atom is 0.338 e. The van der Waals surface area contributed by atoms with Gasteiger partial charge in [-0.3, -0.25) is 24.0 Å². The van der Waals surface area contributed by atoms with Crippen molar-refractivity contribution in [1.29, 1.82) is 0 Å². The molecule has 256 valence electrons. The van der Waals surface area contributed by atoms with Gasteiger partial charge in [0.05, 0.1) is 11.5 Å². The highest BCUT2D eigenvalue weighted by Gasteiger charge is 2.65. The van der Waals surface area contributed by atoms with Crippen molar-refractivity contribution in [3.8, 4) is 0 Å². The summed E-state index contributed by atoms with van der Waals surface area (Å²) in [4.78, 5) is 78.2. The molecule has 2 aliphatic rings. The van der Waals surface area contributed by atoms with Crippen LogP contribution in [0, 0.1) is 23.2 Å². The average Bonchev–Trinajstić information content (AvgIpc) is 3.24. The van der Waals surface area contributed by atoms with Gasteiger partial charge in [-0.2, -0.15) is 0 Å². The Kier molecular flexibility index (Phi) is 11.6. The summed E-state index contributed by atoms with van der Waals surface area (Å²) in [7, 11) is 0. The van der Waals surface area contributed by atoms with E-state index in [9.17, 15) is 33.9 Å². The van der Waals surface area contributed by atoms with Crippen LogP contribution >= 0.6 is 0 Å². The topological polar surface area (TPSA) is 169 Å². The van der Waals surface area contributed by atoms with Gasteiger partial charge in [-0.15, -0.1) is 0 Å². The first-order valence-electron chi connectivity index (χ1n) is 15.4. The van der Waals surface area contributed by atoms with E-state index in [1.165, 1.54) is 18.2 Å². The molecule has 0 amide bonds. The molecular formula is C35H44O12. The zero-order chi connectivity index (χ0) is 35.4. The molecule has 1 aromatic rings. The van der Waals surface area contributed by atoms with E-state index in [1.54, 1.807) is 52.0 Å². The second-order valence-corrected chi connectivity index (χ2v) is 12.9. The summed E-state index contributed by atoms with van der Waals surface area (Å²) in [6, 6.07) is 7.85. The summed E-state index contributed by atoms with van der Waals surface area (Å²) >= 11 is 0. The van der Waals surface area contributed by atoms with Gasteiger partial charge in [-0.05, 0) is 18.1 Å². The van der Waals surface area contributed by atoms with Crippen molar-refractivity contribution in [1.82, 2.24) is 0 Å². The van der Waals surface area contributed by atoms with Crippen LogP contribution < -0.4 is 0 Å². The number of ether oxygens (including phenoxy) is 5. The smallest absolute Gasteiger partial charge is 0.338 e. The van der Waals surface area contributed by atoms with E-state index in [-0.39, 0.29) is 17.6 Å². The number of esters is 5. The number of carbonyl (C=O) groups is 6. The Morgan fingerprint density at radius 1 is 0.830 bits per heavy atom. The Balaban J connectivity index is 2.41. The van der Waals surface area contributed by atoms with Crippen molar-refractivity contribution in [2.75, 3.05) is 0 Å². The number of Topliss-reactive ketones (excluding diaryl/α,β-unsaturated/α-hetero) is 1. The summed E-state index contributed by atoms with van der Waals surface area (Å²) < 4.78 is 28.9. The van der Waals surface area contributed by atoms with Crippen molar-refractivity contribution in [2.45, 2.75) is 97.9 Å². The van der Waals surface area contributed by atoms with Gasteiger partial charge in [-0.25, -0.2) is 4.79 Å². The number of fused-ring (bicyclic) bond motifs is 1. The highest BCUT2D eigenvalue weighted by molar-refractivity contribution is 5.93. The van der Waals surface area contributed by atoms with E-state index < -0.39 is 94.9 Å². The Hall–Kier alpha value is -4.32. The van der Waals surface area contributed by atoms with Gasteiger partial charge in [0.25, 0.3) is 0 Å². The van der Waals surface area contributed by atoms with Crippen molar-refractivity contribution in [3.05, 3.63) is 60.2 Å². The molecule has 0 heterocycles. The van der Waals surface area contributed by atoms with Crippen molar-refractivity contribution in [2.24, 2.45) is 23.2 Å². The van der Waals surface area contributed by atoms with E-state index >= 15 is 0 Å². The third-order valence-corrected chi connectivity index (χ3v) is 8.59. The second-order valence-electron chi connectivity index (χ2n) is 12.9. The van der Waals surface area contributed by atoms with Crippen LogP contribution in [0.4, 0.5) is 0 Å². The average molecular weight is 657 g/mol. The number of ketones is 1. The largest absolute Gasteiger partial charge is 0.462 e. The van der Waals surface area contributed by atoms with Gasteiger partial charge in [0.2, 0.25) is 0 Å². The summed E-state index contributed by atoms with van der Waals surface area (Å²) in [5, 5.41) is 12.0. The van der Waals surface area contributed by atoms with Crippen molar-refractivity contribution in [3.63, 3.8) is 0 Å². The highest BCUT2D eigenvalue weighted by Crippen LogP contribution is 2.51. The second kappa shape index (κ2) is 14.6.